The minimum atomic E-state index is -4.46. The van der Waals surface area contributed by atoms with E-state index in [1.54, 1.807) is 0 Å². The van der Waals surface area contributed by atoms with Crippen molar-refractivity contribution in [2.24, 2.45) is 0 Å². The SMILES string of the molecule is O=S(=O)(CCCl)c1ccc(C(F)(F)F)cc1. The van der Waals surface area contributed by atoms with E-state index in [-0.39, 0.29) is 16.5 Å². The second-order valence-corrected chi connectivity index (χ2v) is 5.52. The van der Waals surface area contributed by atoms with Crippen molar-refractivity contribution in [2.45, 2.75) is 11.1 Å². The molecule has 0 spiro atoms. The summed E-state index contributed by atoms with van der Waals surface area (Å²) in [5, 5.41) is 0. The summed E-state index contributed by atoms with van der Waals surface area (Å²) < 4.78 is 59.4. The third-order valence-corrected chi connectivity index (χ3v) is 4.03. The Labute approximate surface area is 96.0 Å². The van der Waals surface area contributed by atoms with E-state index in [1.165, 1.54) is 0 Å². The molecule has 0 aliphatic carbocycles. The van der Waals surface area contributed by atoms with Gasteiger partial charge in [0.1, 0.15) is 0 Å². The van der Waals surface area contributed by atoms with Crippen LogP contribution < -0.4 is 0 Å². The molecule has 0 aromatic heterocycles. The van der Waals surface area contributed by atoms with Crippen molar-refractivity contribution in [3.8, 4) is 0 Å². The highest BCUT2D eigenvalue weighted by atomic mass is 35.5. The Hall–Kier alpha value is -0.750. The van der Waals surface area contributed by atoms with Crippen LogP contribution in [0.25, 0.3) is 0 Å². The van der Waals surface area contributed by atoms with Crippen molar-refractivity contribution in [2.75, 3.05) is 11.6 Å². The Balaban J connectivity index is 3.05. The summed E-state index contributed by atoms with van der Waals surface area (Å²) in [6, 6.07) is 3.34. The fraction of sp³-hybridized carbons (Fsp3) is 0.333. The predicted molar refractivity (Wildman–Crippen MR) is 54.2 cm³/mol. The molecule has 0 saturated carbocycles. The van der Waals surface area contributed by atoms with Crippen LogP contribution in [0.3, 0.4) is 0 Å². The van der Waals surface area contributed by atoms with E-state index < -0.39 is 21.6 Å². The van der Waals surface area contributed by atoms with E-state index >= 15 is 0 Å². The van der Waals surface area contributed by atoms with Crippen LogP contribution >= 0.6 is 11.6 Å². The van der Waals surface area contributed by atoms with Gasteiger partial charge < -0.3 is 0 Å². The summed E-state index contributed by atoms with van der Waals surface area (Å²) in [5.74, 6) is -0.386. The first-order valence-corrected chi connectivity index (χ1v) is 6.42. The van der Waals surface area contributed by atoms with Gasteiger partial charge >= 0.3 is 6.18 Å². The first-order chi connectivity index (χ1) is 7.27. The van der Waals surface area contributed by atoms with Crippen LogP contribution in [0.4, 0.5) is 13.2 Å². The molecule has 1 aromatic rings. The Morgan fingerprint density at radius 2 is 1.62 bits per heavy atom. The summed E-state index contributed by atoms with van der Waals surface area (Å²) in [4.78, 5) is -0.152. The van der Waals surface area contributed by atoms with Crippen LogP contribution in [0.5, 0.6) is 0 Å². The third kappa shape index (κ3) is 3.12. The van der Waals surface area contributed by atoms with Gasteiger partial charge in [-0.1, -0.05) is 0 Å². The zero-order valence-corrected chi connectivity index (χ0v) is 9.53. The standard InChI is InChI=1S/C9H8ClF3O2S/c10-5-6-16(14,15)8-3-1-7(2-4-8)9(11,12)13/h1-4H,5-6H2. The molecule has 0 amide bonds. The molecule has 0 fully saturated rings. The fourth-order valence-corrected chi connectivity index (χ4v) is 2.67. The zero-order valence-electron chi connectivity index (χ0n) is 7.96. The van der Waals surface area contributed by atoms with Crippen molar-refractivity contribution in [1.82, 2.24) is 0 Å². The average molecular weight is 273 g/mol. The second kappa shape index (κ2) is 4.63. The molecule has 0 bridgehead atoms. The molecule has 0 atom stereocenters. The maximum absolute atomic E-state index is 12.2. The van der Waals surface area contributed by atoms with E-state index in [0.717, 1.165) is 24.3 Å². The van der Waals surface area contributed by atoms with Gasteiger partial charge in [0.2, 0.25) is 0 Å². The topological polar surface area (TPSA) is 34.1 Å². The zero-order chi connectivity index (χ0) is 12.4. The molecule has 0 aliphatic rings. The van der Waals surface area contributed by atoms with E-state index in [4.69, 9.17) is 11.6 Å². The van der Waals surface area contributed by atoms with Gasteiger partial charge in [0, 0.05) is 5.88 Å². The summed E-state index contributed by atoms with van der Waals surface area (Å²) >= 11 is 5.28. The Morgan fingerprint density at radius 1 is 1.12 bits per heavy atom. The molecule has 2 nitrogen and oxygen atoms in total. The van der Waals surface area contributed by atoms with Gasteiger partial charge in [-0.25, -0.2) is 8.42 Å². The van der Waals surface area contributed by atoms with Crippen molar-refractivity contribution in [1.29, 1.82) is 0 Å². The molecule has 0 saturated heterocycles. The molecule has 16 heavy (non-hydrogen) atoms. The fourth-order valence-electron chi connectivity index (χ4n) is 1.07. The molecule has 0 unspecified atom stereocenters. The first-order valence-electron chi connectivity index (χ1n) is 4.23. The number of hydrogen-bond acceptors (Lipinski definition) is 2. The Bertz CT molecular complexity index is 451. The maximum atomic E-state index is 12.2. The number of benzene rings is 1. The summed E-state index contributed by atoms with van der Waals surface area (Å²) in [7, 11) is -3.57. The van der Waals surface area contributed by atoms with Gasteiger partial charge in [-0.2, -0.15) is 13.2 Å². The maximum Gasteiger partial charge on any atom is 0.416 e. The minimum absolute atomic E-state index is 0.0939. The van der Waals surface area contributed by atoms with Gasteiger partial charge in [-0.3, -0.25) is 0 Å². The Morgan fingerprint density at radius 3 is 2.00 bits per heavy atom. The molecule has 1 rings (SSSR count). The third-order valence-electron chi connectivity index (χ3n) is 1.89. The first kappa shape index (κ1) is 13.3. The Kier molecular flexibility index (Phi) is 3.85. The monoisotopic (exact) mass is 272 g/mol. The van der Waals surface area contributed by atoms with Crippen LogP contribution in [0.1, 0.15) is 5.56 Å². The van der Waals surface area contributed by atoms with E-state index in [9.17, 15) is 21.6 Å². The number of hydrogen-bond donors (Lipinski definition) is 0. The lowest BCUT2D eigenvalue weighted by Gasteiger charge is -2.07. The molecule has 7 heteroatoms. The van der Waals surface area contributed by atoms with Crippen LogP contribution in [-0.4, -0.2) is 20.1 Å². The molecular formula is C9H8ClF3O2S. The lowest BCUT2D eigenvalue weighted by atomic mass is 10.2. The molecule has 0 aliphatic heterocycles. The molecule has 0 N–H and O–H groups in total. The van der Waals surface area contributed by atoms with Gasteiger partial charge in [-0.15, -0.1) is 11.6 Å². The van der Waals surface area contributed by atoms with Crippen LogP contribution in [0, 0.1) is 0 Å². The van der Waals surface area contributed by atoms with Crippen LogP contribution in [-0.2, 0) is 16.0 Å². The number of halogens is 4. The van der Waals surface area contributed by atoms with Gasteiger partial charge in [0.15, 0.2) is 9.84 Å². The van der Waals surface area contributed by atoms with Gasteiger partial charge in [0.05, 0.1) is 16.2 Å². The summed E-state index contributed by atoms with van der Waals surface area (Å²) in [6.07, 6.45) is -4.46. The predicted octanol–water partition coefficient (Wildman–Crippen LogP) is 2.72. The highest BCUT2D eigenvalue weighted by Gasteiger charge is 2.30. The van der Waals surface area contributed by atoms with E-state index in [2.05, 4.69) is 0 Å². The van der Waals surface area contributed by atoms with Crippen molar-refractivity contribution < 1.29 is 21.6 Å². The van der Waals surface area contributed by atoms with E-state index in [0.29, 0.717) is 0 Å². The highest BCUT2D eigenvalue weighted by Crippen LogP contribution is 2.29. The second-order valence-electron chi connectivity index (χ2n) is 3.03. The molecular weight excluding hydrogens is 265 g/mol. The lowest BCUT2D eigenvalue weighted by Crippen LogP contribution is -2.09. The number of rotatable bonds is 3. The lowest BCUT2D eigenvalue weighted by molar-refractivity contribution is -0.137. The molecule has 1 aromatic carbocycles. The summed E-state index contributed by atoms with van der Waals surface area (Å²) in [5.41, 5.74) is -0.877. The van der Waals surface area contributed by atoms with Gasteiger partial charge in [-0.05, 0) is 24.3 Å². The molecule has 0 radical (unpaired) electrons. The van der Waals surface area contributed by atoms with Gasteiger partial charge in [0.25, 0.3) is 0 Å². The van der Waals surface area contributed by atoms with Crippen LogP contribution in [0.2, 0.25) is 0 Å². The largest absolute Gasteiger partial charge is 0.416 e. The number of sulfone groups is 1. The average Bonchev–Trinajstić information content (AvgIpc) is 2.16. The van der Waals surface area contributed by atoms with Crippen molar-refractivity contribution in [3.63, 3.8) is 0 Å². The molecule has 0 heterocycles. The number of alkyl halides is 4. The van der Waals surface area contributed by atoms with E-state index in [1.807, 2.05) is 0 Å². The smallest absolute Gasteiger partial charge is 0.224 e. The quantitative estimate of drug-likeness (QED) is 0.793. The highest BCUT2D eigenvalue weighted by molar-refractivity contribution is 7.91. The summed E-state index contributed by atoms with van der Waals surface area (Å²) in [6.45, 7) is 0. The van der Waals surface area contributed by atoms with Crippen LogP contribution in [0.15, 0.2) is 29.2 Å². The van der Waals surface area contributed by atoms with Crippen molar-refractivity contribution in [3.05, 3.63) is 29.8 Å². The minimum Gasteiger partial charge on any atom is -0.224 e. The normalized spacial score (nSPS) is 12.8. The van der Waals surface area contributed by atoms with Crippen molar-refractivity contribution >= 4 is 21.4 Å². The molecule has 90 valence electrons.